The second-order valence-electron chi connectivity index (χ2n) is 5.93. The molecular formula is C20H17N3O3. The molecule has 130 valence electrons. The minimum Gasteiger partial charge on any atom is -0.482 e. The lowest BCUT2D eigenvalue weighted by molar-refractivity contribution is -0.123. The number of hydrogen-bond acceptors (Lipinski definition) is 3. The van der Waals surface area contributed by atoms with E-state index in [1.807, 2.05) is 65.5 Å². The zero-order valence-electron chi connectivity index (χ0n) is 14.0. The summed E-state index contributed by atoms with van der Waals surface area (Å²) in [6.07, 6.45) is 3.87. The number of aromatic nitrogens is 1. The summed E-state index contributed by atoms with van der Waals surface area (Å²) in [5, 5.41) is 2.86. The number of rotatable bonds is 4. The van der Waals surface area contributed by atoms with Gasteiger partial charge in [0.05, 0.1) is 5.69 Å². The van der Waals surface area contributed by atoms with E-state index in [2.05, 4.69) is 5.32 Å². The van der Waals surface area contributed by atoms with Crippen molar-refractivity contribution in [3.63, 3.8) is 0 Å². The molecule has 0 saturated carbocycles. The molecule has 2 aromatic carbocycles. The first-order chi connectivity index (χ1) is 12.7. The summed E-state index contributed by atoms with van der Waals surface area (Å²) < 4.78 is 7.35. The van der Waals surface area contributed by atoms with Gasteiger partial charge in [-0.1, -0.05) is 18.2 Å². The number of hydrogen-bond donors (Lipinski definition) is 1. The van der Waals surface area contributed by atoms with E-state index in [9.17, 15) is 9.59 Å². The summed E-state index contributed by atoms with van der Waals surface area (Å²) in [6, 6.07) is 18.6. The van der Waals surface area contributed by atoms with E-state index >= 15 is 0 Å². The molecule has 0 spiro atoms. The molecule has 3 aromatic rings. The Labute approximate surface area is 150 Å². The van der Waals surface area contributed by atoms with Crippen molar-refractivity contribution in [1.29, 1.82) is 0 Å². The molecule has 1 aromatic heterocycles. The largest absolute Gasteiger partial charge is 0.482 e. The van der Waals surface area contributed by atoms with Crippen LogP contribution in [0.1, 0.15) is 0 Å². The highest BCUT2D eigenvalue weighted by Gasteiger charge is 2.26. The minimum atomic E-state index is -0.264. The summed E-state index contributed by atoms with van der Waals surface area (Å²) in [5.74, 6) is 0.106. The monoisotopic (exact) mass is 347 g/mol. The Bertz CT molecular complexity index is 950. The quantitative estimate of drug-likeness (QED) is 0.789. The van der Waals surface area contributed by atoms with E-state index in [1.54, 1.807) is 12.1 Å². The number of fused-ring (bicyclic) bond motifs is 1. The maximum atomic E-state index is 12.5. The van der Waals surface area contributed by atoms with Gasteiger partial charge in [0.1, 0.15) is 12.3 Å². The molecule has 0 radical (unpaired) electrons. The second kappa shape index (κ2) is 6.76. The number of anilines is 2. The van der Waals surface area contributed by atoms with Crippen LogP contribution in [-0.2, 0) is 9.59 Å². The van der Waals surface area contributed by atoms with Gasteiger partial charge in [-0.25, -0.2) is 0 Å². The van der Waals surface area contributed by atoms with Gasteiger partial charge in [0.2, 0.25) is 5.91 Å². The van der Waals surface area contributed by atoms with E-state index in [4.69, 9.17) is 4.74 Å². The van der Waals surface area contributed by atoms with Gasteiger partial charge in [-0.2, -0.15) is 0 Å². The number of ether oxygens (including phenoxy) is 1. The lowest BCUT2D eigenvalue weighted by Gasteiger charge is -2.28. The molecule has 2 heterocycles. The van der Waals surface area contributed by atoms with Gasteiger partial charge < -0.3 is 14.6 Å². The van der Waals surface area contributed by atoms with Crippen molar-refractivity contribution in [2.45, 2.75) is 0 Å². The molecule has 0 saturated heterocycles. The molecule has 1 aliphatic heterocycles. The predicted molar refractivity (Wildman–Crippen MR) is 98.7 cm³/mol. The van der Waals surface area contributed by atoms with Crippen molar-refractivity contribution in [2.75, 3.05) is 23.4 Å². The van der Waals surface area contributed by atoms with Gasteiger partial charge in [-0.15, -0.1) is 0 Å². The van der Waals surface area contributed by atoms with Crippen molar-refractivity contribution >= 4 is 23.2 Å². The molecule has 26 heavy (non-hydrogen) atoms. The molecular weight excluding hydrogens is 330 g/mol. The first-order valence-corrected chi connectivity index (χ1v) is 8.26. The van der Waals surface area contributed by atoms with Crippen LogP contribution in [0.15, 0.2) is 73.1 Å². The summed E-state index contributed by atoms with van der Waals surface area (Å²) >= 11 is 0. The molecule has 6 nitrogen and oxygen atoms in total. The molecule has 6 heteroatoms. The van der Waals surface area contributed by atoms with E-state index in [-0.39, 0.29) is 25.0 Å². The van der Waals surface area contributed by atoms with E-state index in [0.29, 0.717) is 17.1 Å². The summed E-state index contributed by atoms with van der Waals surface area (Å²) in [4.78, 5) is 26.1. The van der Waals surface area contributed by atoms with Crippen LogP contribution in [0.25, 0.3) is 5.69 Å². The van der Waals surface area contributed by atoms with Crippen LogP contribution in [0.5, 0.6) is 5.75 Å². The lowest BCUT2D eigenvalue weighted by Crippen LogP contribution is -2.43. The Morgan fingerprint density at radius 3 is 2.69 bits per heavy atom. The number of carbonyl (C=O) groups is 2. The van der Waals surface area contributed by atoms with Crippen molar-refractivity contribution in [1.82, 2.24) is 4.57 Å². The SMILES string of the molecule is O=C(CN1C(=O)COc2ccccc21)Nc1cccc(-n2cccc2)c1. The average Bonchev–Trinajstić information content (AvgIpc) is 3.19. The van der Waals surface area contributed by atoms with Gasteiger partial charge in [0.15, 0.2) is 6.61 Å². The normalized spacial score (nSPS) is 13.1. The highest BCUT2D eigenvalue weighted by Crippen LogP contribution is 2.31. The van der Waals surface area contributed by atoms with E-state index in [0.717, 1.165) is 5.69 Å². The summed E-state index contributed by atoms with van der Waals surface area (Å²) in [5.41, 5.74) is 2.23. The summed E-state index contributed by atoms with van der Waals surface area (Å²) in [6.45, 7) is -0.125. The van der Waals surface area contributed by atoms with Crippen LogP contribution in [0.4, 0.5) is 11.4 Å². The van der Waals surface area contributed by atoms with Gasteiger partial charge in [0.25, 0.3) is 5.91 Å². The molecule has 1 aliphatic rings. The zero-order chi connectivity index (χ0) is 17.9. The standard InChI is InChI=1S/C20H17N3O3/c24-19(13-23-17-8-1-2-9-18(17)26-14-20(23)25)21-15-6-5-7-16(12-15)22-10-3-4-11-22/h1-12H,13-14H2,(H,21,24). The third-order valence-electron chi connectivity index (χ3n) is 4.14. The van der Waals surface area contributed by atoms with Crippen LogP contribution in [0.3, 0.4) is 0 Å². The van der Waals surface area contributed by atoms with Crippen molar-refractivity contribution in [2.24, 2.45) is 0 Å². The first-order valence-electron chi connectivity index (χ1n) is 8.26. The number of benzene rings is 2. The third kappa shape index (κ3) is 3.17. The van der Waals surface area contributed by atoms with E-state index < -0.39 is 0 Å². The number of nitrogens with one attached hydrogen (secondary N) is 1. The van der Waals surface area contributed by atoms with Crippen molar-refractivity contribution in [3.8, 4) is 11.4 Å². The zero-order valence-corrected chi connectivity index (χ0v) is 14.0. The molecule has 4 rings (SSSR count). The van der Waals surface area contributed by atoms with Crippen LogP contribution in [0, 0.1) is 0 Å². The Kier molecular flexibility index (Phi) is 4.15. The van der Waals surface area contributed by atoms with Crippen LogP contribution in [-0.4, -0.2) is 29.5 Å². The van der Waals surface area contributed by atoms with Gasteiger partial charge >= 0.3 is 0 Å². The van der Waals surface area contributed by atoms with E-state index in [1.165, 1.54) is 4.90 Å². The Balaban J connectivity index is 1.50. The first kappa shape index (κ1) is 16.0. The predicted octanol–water partition coefficient (Wildman–Crippen LogP) is 2.84. The minimum absolute atomic E-state index is 0.0621. The fraction of sp³-hybridized carbons (Fsp3) is 0.100. The topological polar surface area (TPSA) is 63.6 Å². The fourth-order valence-electron chi connectivity index (χ4n) is 2.92. The molecule has 0 atom stereocenters. The van der Waals surface area contributed by atoms with Crippen molar-refractivity contribution in [3.05, 3.63) is 73.1 Å². The molecule has 0 unspecified atom stereocenters. The van der Waals surface area contributed by atoms with Gasteiger partial charge in [0, 0.05) is 23.8 Å². The van der Waals surface area contributed by atoms with Crippen LogP contribution in [0.2, 0.25) is 0 Å². The summed E-state index contributed by atoms with van der Waals surface area (Å²) in [7, 11) is 0. The Morgan fingerprint density at radius 1 is 1.04 bits per heavy atom. The van der Waals surface area contributed by atoms with Crippen molar-refractivity contribution < 1.29 is 14.3 Å². The second-order valence-corrected chi connectivity index (χ2v) is 5.93. The Hall–Kier alpha value is -3.54. The van der Waals surface area contributed by atoms with Gasteiger partial charge in [-0.05, 0) is 42.5 Å². The number of amides is 2. The molecule has 0 bridgehead atoms. The van der Waals surface area contributed by atoms with Crippen LogP contribution < -0.4 is 15.0 Å². The highest BCUT2D eigenvalue weighted by molar-refractivity contribution is 6.05. The fourth-order valence-corrected chi connectivity index (χ4v) is 2.92. The maximum Gasteiger partial charge on any atom is 0.265 e. The molecule has 1 N–H and O–H groups in total. The number of carbonyl (C=O) groups excluding carboxylic acids is 2. The third-order valence-corrected chi connectivity index (χ3v) is 4.14. The maximum absolute atomic E-state index is 12.5. The molecule has 0 aliphatic carbocycles. The van der Waals surface area contributed by atoms with Crippen LogP contribution >= 0.6 is 0 Å². The number of para-hydroxylation sites is 2. The molecule has 2 amide bonds. The number of nitrogens with zero attached hydrogens (tertiary/aromatic N) is 2. The lowest BCUT2D eigenvalue weighted by atomic mass is 10.2. The van der Waals surface area contributed by atoms with Gasteiger partial charge in [-0.3, -0.25) is 14.5 Å². The smallest absolute Gasteiger partial charge is 0.265 e. The Morgan fingerprint density at radius 2 is 1.85 bits per heavy atom. The highest BCUT2D eigenvalue weighted by atomic mass is 16.5. The molecule has 0 fully saturated rings. The average molecular weight is 347 g/mol.